The van der Waals surface area contributed by atoms with Crippen LogP contribution in [0, 0.1) is 0 Å². The van der Waals surface area contributed by atoms with Crippen molar-refractivity contribution in [3.8, 4) is 0 Å². The van der Waals surface area contributed by atoms with Gasteiger partial charge in [-0.2, -0.15) is 0 Å². The maximum Gasteiger partial charge on any atom is 0.472 e. The molecule has 0 aliphatic rings. The summed E-state index contributed by atoms with van der Waals surface area (Å²) in [4.78, 5) is 21.1. The molecule has 0 aromatic carbocycles. The minimum atomic E-state index is -4.25. The highest BCUT2D eigenvalue weighted by atomic mass is 31.2. The van der Waals surface area contributed by atoms with E-state index in [0.29, 0.717) is 0 Å². The minimum absolute atomic E-state index is 0.0678. The van der Waals surface area contributed by atoms with Crippen molar-refractivity contribution in [2.24, 2.45) is 5.73 Å². The minimum Gasteiger partial charge on any atom is -0.463 e. The topological polar surface area (TPSA) is 128 Å². The zero-order chi connectivity index (χ0) is 28.2. The second-order valence-electron chi connectivity index (χ2n) is 8.74. The van der Waals surface area contributed by atoms with E-state index >= 15 is 0 Å². The quantitative estimate of drug-likeness (QED) is 0.0506. The van der Waals surface area contributed by atoms with E-state index in [2.05, 4.69) is 76.7 Å². The Bertz CT molecular complexity index is 762. The molecule has 2 atom stereocenters. The lowest BCUT2D eigenvalue weighted by Gasteiger charge is -2.15. The lowest BCUT2D eigenvalue weighted by molar-refractivity contribution is -0.147. The molecule has 8 nitrogen and oxygen atoms in total. The molecule has 0 spiro atoms. The van der Waals surface area contributed by atoms with Crippen LogP contribution in [0.4, 0.5) is 0 Å². The lowest BCUT2D eigenvalue weighted by Crippen LogP contribution is -2.23. The average molecular weight is 556 g/mol. The van der Waals surface area contributed by atoms with Crippen LogP contribution in [-0.2, 0) is 23.1 Å². The van der Waals surface area contributed by atoms with Crippen LogP contribution in [0.2, 0.25) is 0 Å². The number of aliphatic hydroxyl groups excluding tert-OH is 1. The van der Waals surface area contributed by atoms with Crippen LogP contribution >= 0.6 is 7.82 Å². The second kappa shape index (κ2) is 26.8. The van der Waals surface area contributed by atoms with Gasteiger partial charge in [-0.3, -0.25) is 13.8 Å². The molecule has 0 fully saturated rings. The van der Waals surface area contributed by atoms with Gasteiger partial charge in [-0.25, -0.2) is 4.57 Å². The summed E-state index contributed by atoms with van der Waals surface area (Å²) in [5.74, 6) is -0.408. The molecule has 0 rings (SSSR count). The van der Waals surface area contributed by atoms with E-state index in [1.54, 1.807) is 0 Å². The molecular weight excluding hydrogens is 505 g/mol. The molecule has 4 N–H and O–H groups in total. The molecule has 0 aliphatic carbocycles. The monoisotopic (exact) mass is 555 g/mol. The first-order valence-corrected chi connectivity index (χ1v) is 15.3. The van der Waals surface area contributed by atoms with Crippen LogP contribution in [0.1, 0.15) is 84.0 Å². The number of nitrogens with two attached hydrogens (primary N) is 1. The van der Waals surface area contributed by atoms with E-state index in [0.717, 1.165) is 70.6 Å². The number of phosphoric acid groups is 1. The van der Waals surface area contributed by atoms with Crippen molar-refractivity contribution < 1.29 is 33.1 Å². The largest absolute Gasteiger partial charge is 0.472 e. The third-order valence-corrected chi connectivity index (χ3v) is 6.13. The molecule has 38 heavy (non-hydrogen) atoms. The molecule has 0 amide bonds. The number of phosphoric ester groups is 1. The highest BCUT2D eigenvalue weighted by Crippen LogP contribution is 2.42. The number of aliphatic hydroxyl groups is 1. The summed E-state index contributed by atoms with van der Waals surface area (Å²) in [5.41, 5.74) is 5.18. The molecule has 0 saturated heterocycles. The summed E-state index contributed by atoms with van der Waals surface area (Å²) in [6.07, 6.45) is 32.1. The summed E-state index contributed by atoms with van der Waals surface area (Å²) in [6.45, 7) is 1.29. The zero-order valence-corrected chi connectivity index (χ0v) is 24.0. The number of unbranched alkanes of at least 4 members (excludes halogenated alkanes) is 5. The van der Waals surface area contributed by atoms with E-state index in [4.69, 9.17) is 10.5 Å². The Morgan fingerprint density at radius 2 is 1.32 bits per heavy atom. The molecule has 0 heterocycles. The number of hydrogen-bond acceptors (Lipinski definition) is 7. The molecule has 0 bridgehead atoms. The van der Waals surface area contributed by atoms with Crippen molar-refractivity contribution in [3.05, 3.63) is 60.8 Å². The molecule has 0 aromatic heterocycles. The SMILES string of the molecule is CC/C=C\C/C=C\C/C=C\C/C=C\C/C=C\CCCCCCCC(=O)OCC(O)COP(=O)(O)OCCN. The normalized spacial score (nSPS) is 14.9. The Kier molecular flexibility index (Phi) is 25.5. The van der Waals surface area contributed by atoms with Crippen molar-refractivity contribution in [3.63, 3.8) is 0 Å². The van der Waals surface area contributed by atoms with Gasteiger partial charge in [-0.05, 0) is 51.4 Å². The number of hydrogen-bond donors (Lipinski definition) is 3. The zero-order valence-electron chi connectivity index (χ0n) is 23.1. The number of carbonyl (C=O) groups excluding carboxylic acids is 1. The summed E-state index contributed by atoms with van der Waals surface area (Å²) in [6, 6.07) is 0. The molecule has 0 aliphatic heterocycles. The fourth-order valence-corrected chi connectivity index (χ4v) is 3.90. The number of rotatable bonds is 25. The smallest absolute Gasteiger partial charge is 0.463 e. The summed E-state index contributed by atoms with van der Waals surface area (Å²) in [7, 11) is -4.25. The standard InChI is InChI=1S/C29H50NO7P/c1-2-3-4-5-6-7-8-9-10-11-12-13-14-15-16-17-18-19-20-21-22-23-29(32)35-26-28(31)27-37-38(33,34)36-25-24-30/h3-4,6-7,9-10,12-13,15-16,28,31H,2,5,8,11,14,17-27,30H2,1H3,(H,33,34)/b4-3-,7-6-,10-9-,13-12-,16-15-. The van der Waals surface area contributed by atoms with E-state index < -0.39 is 26.5 Å². The van der Waals surface area contributed by atoms with Gasteiger partial charge in [0.2, 0.25) is 0 Å². The average Bonchev–Trinajstić information content (AvgIpc) is 2.90. The fraction of sp³-hybridized carbons (Fsp3) is 0.621. The van der Waals surface area contributed by atoms with Crippen LogP contribution in [0.25, 0.3) is 0 Å². The first-order chi connectivity index (χ1) is 18.4. The van der Waals surface area contributed by atoms with Crippen molar-refractivity contribution in [1.29, 1.82) is 0 Å². The number of ether oxygens (including phenoxy) is 1. The number of allylic oxidation sites excluding steroid dienone is 10. The van der Waals surface area contributed by atoms with Gasteiger partial charge in [-0.1, -0.05) is 86.9 Å². The van der Waals surface area contributed by atoms with Gasteiger partial charge in [0, 0.05) is 13.0 Å². The third-order valence-electron chi connectivity index (χ3n) is 5.15. The lowest BCUT2D eigenvalue weighted by atomic mass is 10.1. The molecule has 218 valence electrons. The van der Waals surface area contributed by atoms with Crippen LogP contribution in [0.3, 0.4) is 0 Å². The second-order valence-corrected chi connectivity index (χ2v) is 10.2. The van der Waals surface area contributed by atoms with Gasteiger partial charge in [0.1, 0.15) is 12.7 Å². The number of esters is 1. The summed E-state index contributed by atoms with van der Waals surface area (Å²) >= 11 is 0. The van der Waals surface area contributed by atoms with Gasteiger partial charge < -0.3 is 20.5 Å². The van der Waals surface area contributed by atoms with E-state index in [1.165, 1.54) is 0 Å². The first kappa shape index (κ1) is 36.2. The molecular formula is C29H50NO7P. The highest BCUT2D eigenvalue weighted by Gasteiger charge is 2.22. The maximum atomic E-state index is 11.8. The predicted octanol–water partition coefficient (Wildman–Crippen LogP) is 6.46. The van der Waals surface area contributed by atoms with Gasteiger partial charge in [-0.15, -0.1) is 0 Å². The van der Waals surface area contributed by atoms with Crippen molar-refractivity contribution in [2.75, 3.05) is 26.4 Å². The van der Waals surface area contributed by atoms with Crippen LogP contribution in [0.5, 0.6) is 0 Å². The van der Waals surface area contributed by atoms with E-state index in [1.807, 2.05) is 0 Å². The maximum absolute atomic E-state index is 11.8. The first-order valence-electron chi connectivity index (χ1n) is 13.8. The number of carbonyl (C=O) groups is 1. The van der Waals surface area contributed by atoms with Gasteiger partial charge >= 0.3 is 13.8 Å². The Labute approximate surface area is 229 Å². The van der Waals surface area contributed by atoms with Crippen molar-refractivity contribution in [2.45, 2.75) is 90.1 Å². The van der Waals surface area contributed by atoms with Crippen LogP contribution in [0.15, 0.2) is 60.8 Å². The molecule has 0 aromatic rings. The molecule has 0 radical (unpaired) electrons. The Hall–Kier alpha value is -1.80. The highest BCUT2D eigenvalue weighted by molar-refractivity contribution is 7.47. The summed E-state index contributed by atoms with van der Waals surface area (Å²) < 4.78 is 25.6. The summed E-state index contributed by atoms with van der Waals surface area (Å²) in [5, 5.41) is 9.70. The van der Waals surface area contributed by atoms with E-state index in [9.17, 15) is 19.4 Å². The van der Waals surface area contributed by atoms with Crippen molar-refractivity contribution in [1.82, 2.24) is 0 Å². The molecule has 2 unspecified atom stereocenters. The van der Waals surface area contributed by atoms with Gasteiger partial charge in [0.25, 0.3) is 0 Å². The Morgan fingerprint density at radius 3 is 1.89 bits per heavy atom. The fourth-order valence-electron chi connectivity index (χ4n) is 3.13. The van der Waals surface area contributed by atoms with Crippen LogP contribution in [-0.4, -0.2) is 48.4 Å². The van der Waals surface area contributed by atoms with Crippen molar-refractivity contribution >= 4 is 13.8 Å². The molecule has 0 saturated carbocycles. The predicted molar refractivity (Wildman–Crippen MR) is 155 cm³/mol. The molecule has 9 heteroatoms. The van der Waals surface area contributed by atoms with Gasteiger partial charge in [0.05, 0.1) is 13.2 Å². The van der Waals surface area contributed by atoms with E-state index in [-0.39, 0.29) is 26.2 Å². The third kappa shape index (κ3) is 27.2. The van der Waals surface area contributed by atoms with Gasteiger partial charge in [0.15, 0.2) is 0 Å². The Morgan fingerprint density at radius 1 is 0.789 bits per heavy atom. The van der Waals surface area contributed by atoms with Crippen LogP contribution < -0.4 is 5.73 Å². The Balaban J connectivity index is 3.57.